The molecule has 28 heteroatoms. The molecule has 300 valence electrons. The Morgan fingerprint density at radius 1 is 0.423 bits per heavy atom. The van der Waals surface area contributed by atoms with Gasteiger partial charge in [-0.1, -0.05) is 0 Å². The Balaban J connectivity index is -0.000000283. The number of aryl methyl sites for hydroxylation is 4. The van der Waals surface area contributed by atoms with Crippen LogP contribution >= 0.6 is 15.6 Å². The van der Waals surface area contributed by atoms with Crippen molar-refractivity contribution in [3.8, 4) is 22.8 Å². The molecule has 4 heterocycles. The van der Waals surface area contributed by atoms with Gasteiger partial charge in [0.2, 0.25) is 0 Å². The summed E-state index contributed by atoms with van der Waals surface area (Å²) in [6.45, 7) is 8.23. The van der Waals surface area contributed by atoms with Gasteiger partial charge in [0.15, 0.2) is 0 Å². The molecule has 0 aliphatic carbocycles. The van der Waals surface area contributed by atoms with Crippen LogP contribution in [0.5, 0.6) is 0 Å². The third-order valence-electron chi connectivity index (χ3n) is 4.19. The predicted molar refractivity (Wildman–Crippen MR) is 162 cm³/mol. The molecule has 12 nitrogen and oxygen atoms in total. The molecule has 0 bridgehead atoms. The van der Waals surface area contributed by atoms with Crippen LogP contribution in [-0.4, -0.2) is 30.1 Å². The van der Waals surface area contributed by atoms with Crippen LogP contribution in [0.4, 0.5) is 50.4 Å². The van der Waals surface area contributed by atoms with Gasteiger partial charge in [-0.05, 0) is 98.5 Å². The van der Waals surface area contributed by atoms with Gasteiger partial charge in [-0.2, -0.15) is 0 Å². The topological polar surface area (TPSA) is 184 Å². The molecule has 0 fully saturated rings. The van der Waals surface area contributed by atoms with E-state index in [9.17, 15) is 50.4 Å². The number of pyridine rings is 4. The summed E-state index contributed by atoms with van der Waals surface area (Å²) in [6, 6.07) is 16.1. The second kappa shape index (κ2) is 19.4. The quantitative estimate of drug-likeness (QED) is 0.0615. The van der Waals surface area contributed by atoms with Crippen molar-refractivity contribution in [1.82, 2.24) is 19.9 Å². The van der Waals surface area contributed by atoms with E-state index >= 15 is 0 Å². The fourth-order valence-electron chi connectivity index (χ4n) is 2.70. The number of hydrogen-bond acceptors (Lipinski definition) is 10. The zero-order valence-corrected chi connectivity index (χ0v) is 31.0. The van der Waals surface area contributed by atoms with Crippen LogP contribution in [-0.2, 0) is 40.8 Å². The Morgan fingerprint density at radius 2 is 0.538 bits per heavy atom. The van der Waals surface area contributed by atoms with Crippen molar-refractivity contribution in [2.45, 2.75) is 27.7 Å². The van der Waals surface area contributed by atoms with Crippen LogP contribution in [0.25, 0.3) is 22.8 Å². The van der Waals surface area contributed by atoms with E-state index < -0.39 is 25.8 Å². The largest absolute Gasteiger partial charge is 2.00 e. The average molecular weight is 995 g/mol. The predicted octanol–water partition coefficient (Wildman–Crippen LogP) is 11.8. The zero-order valence-electron chi connectivity index (χ0n) is 26.1. The maximum Gasteiger partial charge on any atom is 2.00 e. The van der Waals surface area contributed by atoms with E-state index in [-0.39, 0.29) is 40.8 Å². The molecule has 0 amide bonds. The first-order valence-electron chi connectivity index (χ1n) is 12.3. The summed E-state index contributed by atoms with van der Waals surface area (Å²) in [7, 11) is -21.3. The van der Waals surface area contributed by atoms with E-state index in [1.54, 1.807) is 0 Å². The summed E-state index contributed by atoms with van der Waals surface area (Å²) in [5.74, 6) is 0. The summed E-state index contributed by atoms with van der Waals surface area (Å²) < 4.78 is 118. The standard InChI is InChI=1S/2C12H12N2.2F6P.2NO3.2Pd/c2*1-9-3-5-13-11(7-9)12-8-10(2)4-6-14-12;2*1-7(2,3,4,5)6;2*2-1(3)4;;/h2*3-8H,1-2H3;;;;;;/q;;4*-1;2*+2. The van der Waals surface area contributed by atoms with Gasteiger partial charge in [0.25, 0.3) is 0 Å². The van der Waals surface area contributed by atoms with Gasteiger partial charge in [-0.25, -0.2) is 0 Å². The monoisotopic (exact) mass is 994 g/mol. The molecule has 0 saturated carbocycles. The number of aromatic nitrogens is 4. The molecule has 0 unspecified atom stereocenters. The second-order valence-corrected chi connectivity index (χ2v) is 13.1. The van der Waals surface area contributed by atoms with Crippen LogP contribution in [0.15, 0.2) is 73.3 Å². The van der Waals surface area contributed by atoms with Crippen LogP contribution in [0.1, 0.15) is 22.3 Å². The van der Waals surface area contributed by atoms with Crippen LogP contribution in [0, 0.1) is 58.3 Å². The van der Waals surface area contributed by atoms with Crippen molar-refractivity contribution in [2.75, 3.05) is 0 Å². The van der Waals surface area contributed by atoms with Crippen LogP contribution in [0.2, 0.25) is 0 Å². The Bertz CT molecular complexity index is 1500. The van der Waals surface area contributed by atoms with Crippen LogP contribution < -0.4 is 0 Å². The molecular formula is C24H24F12N6O6P2Pd2. The second-order valence-electron chi connectivity index (χ2n) is 9.24. The third-order valence-corrected chi connectivity index (χ3v) is 4.19. The minimum Gasteiger partial charge on any atom is -0.356 e. The van der Waals surface area contributed by atoms with Gasteiger partial charge in [-0.15, -0.1) is 0 Å². The molecule has 0 spiro atoms. The van der Waals surface area contributed by atoms with Crippen molar-refractivity contribution in [1.29, 1.82) is 0 Å². The average Bonchev–Trinajstić information content (AvgIpc) is 2.85. The normalized spacial score (nSPS) is 12.6. The molecule has 4 aromatic rings. The van der Waals surface area contributed by atoms with Crippen molar-refractivity contribution in [3.63, 3.8) is 0 Å². The molecule has 0 radical (unpaired) electrons. The van der Waals surface area contributed by atoms with E-state index in [2.05, 4.69) is 47.6 Å². The van der Waals surface area contributed by atoms with Gasteiger partial charge in [0.05, 0.1) is 32.9 Å². The van der Waals surface area contributed by atoms with E-state index in [1.165, 1.54) is 22.3 Å². The van der Waals surface area contributed by atoms with Crippen molar-refractivity contribution in [3.05, 3.63) is 126 Å². The molecule has 0 aromatic carbocycles. The molecule has 0 aliphatic heterocycles. The third kappa shape index (κ3) is 48.5. The first kappa shape index (κ1) is 55.1. The Labute approximate surface area is 312 Å². The Kier molecular flexibility index (Phi) is 20.6. The molecule has 0 saturated heterocycles. The zero-order chi connectivity index (χ0) is 39.9. The number of halogens is 12. The van der Waals surface area contributed by atoms with E-state index in [1.807, 2.05) is 73.3 Å². The Morgan fingerprint density at radius 3 is 0.635 bits per heavy atom. The van der Waals surface area contributed by atoms with E-state index in [4.69, 9.17) is 30.6 Å². The van der Waals surface area contributed by atoms with Crippen molar-refractivity contribution < 1.29 is 101 Å². The number of nitrogens with zero attached hydrogens (tertiary/aromatic N) is 6. The van der Waals surface area contributed by atoms with Crippen LogP contribution in [0.3, 0.4) is 0 Å². The van der Waals surface area contributed by atoms with Crippen molar-refractivity contribution in [2.24, 2.45) is 0 Å². The maximum absolute atomic E-state index is 10.7. The molecular weight excluding hydrogens is 971 g/mol. The van der Waals surface area contributed by atoms with Gasteiger partial charge >= 0.3 is 107 Å². The molecule has 4 rings (SSSR count). The number of hydrogen-bond donors (Lipinski definition) is 0. The fraction of sp³-hybridized carbons (Fsp3) is 0.167. The van der Waals surface area contributed by atoms with Gasteiger partial charge in [0, 0.05) is 24.8 Å². The molecule has 0 N–H and O–H groups in total. The first-order chi connectivity index (χ1) is 21.9. The SMILES string of the molecule is Cc1ccnc(-c2cc(C)ccn2)c1.Cc1ccnc(-c2cc(C)ccn2)c1.F[P-](F)(F)(F)(F)F.F[P-](F)(F)(F)(F)F.O=[N+]([O-])[O-].O=[N+]([O-])[O-].[Pd+2].[Pd+2]. The van der Waals surface area contributed by atoms with Crippen molar-refractivity contribution >= 4 is 15.6 Å². The number of rotatable bonds is 2. The van der Waals surface area contributed by atoms with E-state index in [0.717, 1.165) is 22.8 Å². The molecule has 4 aromatic heterocycles. The van der Waals surface area contributed by atoms with Gasteiger partial charge in [0.1, 0.15) is 0 Å². The maximum atomic E-state index is 9.87. The van der Waals surface area contributed by atoms with Gasteiger partial charge in [-0.3, -0.25) is 19.9 Å². The summed E-state index contributed by atoms with van der Waals surface area (Å²) in [5.41, 5.74) is 8.58. The molecule has 52 heavy (non-hydrogen) atoms. The molecule has 0 aliphatic rings. The molecule has 0 atom stereocenters. The first-order valence-corrected chi connectivity index (χ1v) is 16.4. The summed E-state index contributed by atoms with van der Waals surface area (Å²) in [4.78, 5) is 33.7. The van der Waals surface area contributed by atoms with E-state index in [0.29, 0.717) is 0 Å². The smallest absolute Gasteiger partial charge is 0.356 e. The minimum atomic E-state index is -10.7. The fourth-order valence-corrected chi connectivity index (χ4v) is 2.70. The summed E-state index contributed by atoms with van der Waals surface area (Å²) in [6.07, 6.45) is 7.26. The Hall–Kier alpha value is -3.66. The minimum absolute atomic E-state index is 0. The van der Waals surface area contributed by atoms with Gasteiger partial charge < -0.3 is 30.6 Å². The summed E-state index contributed by atoms with van der Waals surface area (Å²) in [5, 5.41) is 29.5. The summed E-state index contributed by atoms with van der Waals surface area (Å²) >= 11 is 0.